The lowest BCUT2D eigenvalue weighted by Gasteiger charge is -2.32. The van der Waals surface area contributed by atoms with Gasteiger partial charge in [0.1, 0.15) is 16.4 Å². The van der Waals surface area contributed by atoms with E-state index in [4.69, 9.17) is 4.52 Å². The molecule has 8 nitrogen and oxygen atoms in total. The van der Waals surface area contributed by atoms with Crippen molar-refractivity contribution in [2.24, 2.45) is 0 Å². The predicted molar refractivity (Wildman–Crippen MR) is 85.8 cm³/mol. The zero-order valence-electron chi connectivity index (χ0n) is 14.2. The van der Waals surface area contributed by atoms with Crippen LogP contribution in [0.3, 0.4) is 0 Å². The van der Waals surface area contributed by atoms with Crippen LogP contribution in [-0.4, -0.2) is 49.3 Å². The van der Waals surface area contributed by atoms with Gasteiger partial charge in [-0.25, -0.2) is 13.1 Å². The van der Waals surface area contributed by atoms with Crippen LogP contribution < -0.4 is 4.72 Å². The standard InChI is InChI=1S/C15H23N3O5S/c1-10(19)4-5-14(20)18-8-6-13(7-9-18)17-24(21,22)15-11(2)16-23-12(15)3/h13,17H,4-9H2,1-3H3. The van der Waals surface area contributed by atoms with Crippen LogP contribution in [0.25, 0.3) is 0 Å². The van der Waals surface area contributed by atoms with Crippen molar-refractivity contribution in [2.75, 3.05) is 13.1 Å². The van der Waals surface area contributed by atoms with Crippen LogP contribution in [0.4, 0.5) is 0 Å². The number of hydrogen-bond acceptors (Lipinski definition) is 6. The molecule has 1 aliphatic rings. The van der Waals surface area contributed by atoms with Gasteiger partial charge in [-0.05, 0) is 33.6 Å². The summed E-state index contributed by atoms with van der Waals surface area (Å²) in [6.07, 6.45) is 1.53. The monoisotopic (exact) mass is 357 g/mol. The minimum Gasteiger partial charge on any atom is -0.360 e. The number of sulfonamides is 1. The minimum atomic E-state index is -3.69. The Balaban J connectivity index is 1.91. The highest BCUT2D eigenvalue weighted by Crippen LogP contribution is 2.21. The lowest BCUT2D eigenvalue weighted by molar-refractivity contribution is -0.133. The molecule has 1 aromatic heterocycles. The first-order chi connectivity index (χ1) is 11.2. The number of carbonyl (C=O) groups excluding carboxylic acids is 2. The van der Waals surface area contributed by atoms with Gasteiger partial charge < -0.3 is 14.2 Å². The van der Waals surface area contributed by atoms with Crippen LogP contribution in [-0.2, 0) is 19.6 Å². The summed E-state index contributed by atoms with van der Waals surface area (Å²) >= 11 is 0. The van der Waals surface area contributed by atoms with Crippen LogP contribution in [0.15, 0.2) is 9.42 Å². The Morgan fingerprint density at radius 1 is 1.25 bits per heavy atom. The van der Waals surface area contributed by atoms with Crippen LogP contribution in [0.1, 0.15) is 44.1 Å². The number of amides is 1. The van der Waals surface area contributed by atoms with Crippen molar-refractivity contribution in [3.63, 3.8) is 0 Å². The lowest BCUT2D eigenvalue weighted by Crippen LogP contribution is -2.46. The number of aryl methyl sites for hydroxylation is 2. The zero-order valence-corrected chi connectivity index (χ0v) is 15.0. The van der Waals surface area contributed by atoms with Crippen molar-refractivity contribution < 1.29 is 22.5 Å². The fourth-order valence-electron chi connectivity index (χ4n) is 2.82. The fourth-order valence-corrected chi connectivity index (χ4v) is 4.46. The molecule has 2 heterocycles. The summed E-state index contributed by atoms with van der Waals surface area (Å²) in [5.41, 5.74) is 0.330. The number of likely N-dealkylation sites (tertiary alicyclic amines) is 1. The molecule has 0 bridgehead atoms. The van der Waals surface area contributed by atoms with Crippen LogP contribution in [0.2, 0.25) is 0 Å². The lowest BCUT2D eigenvalue weighted by atomic mass is 10.1. The van der Waals surface area contributed by atoms with Gasteiger partial charge in [-0.3, -0.25) is 4.79 Å². The van der Waals surface area contributed by atoms with Crippen LogP contribution in [0.5, 0.6) is 0 Å². The molecule has 2 rings (SSSR count). The number of Topliss-reactive ketones (excluding diaryl/α,β-unsaturated/α-hetero) is 1. The van der Waals surface area contributed by atoms with Gasteiger partial charge in [-0.15, -0.1) is 0 Å². The van der Waals surface area contributed by atoms with Crippen molar-refractivity contribution in [2.45, 2.75) is 57.4 Å². The first-order valence-electron chi connectivity index (χ1n) is 7.93. The number of aromatic nitrogens is 1. The molecule has 24 heavy (non-hydrogen) atoms. The van der Waals surface area contributed by atoms with E-state index in [9.17, 15) is 18.0 Å². The fraction of sp³-hybridized carbons (Fsp3) is 0.667. The number of nitrogens with zero attached hydrogens (tertiary/aromatic N) is 2. The molecule has 1 amide bonds. The van der Waals surface area contributed by atoms with E-state index in [0.29, 0.717) is 31.6 Å². The Hall–Kier alpha value is -1.74. The third-order valence-corrected chi connectivity index (χ3v) is 5.86. The van der Waals surface area contributed by atoms with Crippen LogP contribution >= 0.6 is 0 Å². The second kappa shape index (κ2) is 7.43. The van der Waals surface area contributed by atoms with Gasteiger partial charge in [0.15, 0.2) is 5.76 Å². The quantitative estimate of drug-likeness (QED) is 0.811. The number of rotatable bonds is 6. The van der Waals surface area contributed by atoms with Crippen LogP contribution in [0, 0.1) is 13.8 Å². The maximum absolute atomic E-state index is 12.5. The molecular weight excluding hydrogens is 334 g/mol. The minimum absolute atomic E-state index is 0.00884. The third kappa shape index (κ3) is 4.41. The highest BCUT2D eigenvalue weighted by Gasteiger charge is 2.30. The number of ketones is 1. The molecule has 1 saturated heterocycles. The number of piperidine rings is 1. The summed E-state index contributed by atoms with van der Waals surface area (Å²) in [6, 6.07) is -0.236. The Morgan fingerprint density at radius 2 is 1.88 bits per heavy atom. The molecule has 9 heteroatoms. The van der Waals surface area contributed by atoms with E-state index in [2.05, 4.69) is 9.88 Å². The van der Waals surface area contributed by atoms with Crippen molar-refractivity contribution >= 4 is 21.7 Å². The van der Waals surface area contributed by atoms with Crippen molar-refractivity contribution in [3.8, 4) is 0 Å². The molecule has 1 fully saturated rings. The topological polar surface area (TPSA) is 110 Å². The Bertz CT molecular complexity index is 698. The maximum atomic E-state index is 12.5. The molecule has 0 unspecified atom stereocenters. The number of nitrogens with one attached hydrogen (secondary N) is 1. The van der Waals surface area contributed by atoms with E-state index in [1.54, 1.807) is 18.7 Å². The first-order valence-corrected chi connectivity index (χ1v) is 9.41. The maximum Gasteiger partial charge on any atom is 0.246 e. The van der Waals surface area contributed by atoms with Gasteiger partial charge in [0, 0.05) is 32.0 Å². The third-order valence-electron chi connectivity index (χ3n) is 4.10. The zero-order chi connectivity index (χ0) is 17.9. The molecule has 1 aliphatic heterocycles. The molecule has 1 N–H and O–H groups in total. The molecule has 0 aromatic carbocycles. The summed E-state index contributed by atoms with van der Waals surface area (Å²) in [7, 11) is -3.69. The van der Waals surface area contributed by atoms with Gasteiger partial charge in [-0.1, -0.05) is 5.16 Å². The molecule has 0 atom stereocenters. The number of hydrogen-bond donors (Lipinski definition) is 1. The van der Waals surface area contributed by atoms with Gasteiger partial charge >= 0.3 is 0 Å². The van der Waals surface area contributed by atoms with E-state index in [0.717, 1.165) is 0 Å². The largest absolute Gasteiger partial charge is 0.360 e. The second-order valence-corrected chi connectivity index (χ2v) is 7.78. The first kappa shape index (κ1) is 18.6. The number of carbonyl (C=O) groups is 2. The smallest absolute Gasteiger partial charge is 0.246 e. The highest BCUT2D eigenvalue weighted by atomic mass is 32.2. The van der Waals surface area contributed by atoms with E-state index in [-0.39, 0.29) is 41.2 Å². The second-order valence-electron chi connectivity index (χ2n) is 6.13. The van der Waals surface area contributed by atoms with Gasteiger partial charge in [0.2, 0.25) is 15.9 Å². The summed E-state index contributed by atoms with van der Waals surface area (Å²) in [5.74, 6) is 0.194. The highest BCUT2D eigenvalue weighted by molar-refractivity contribution is 7.89. The van der Waals surface area contributed by atoms with Crippen molar-refractivity contribution in [1.82, 2.24) is 14.8 Å². The van der Waals surface area contributed by atoms with E-state index in [1.165, 1.54) is 6.92 Å². The van der Waals surface area contributed by atoms with Gasteiger partial charge in [-0.2, -0.15) is 0 Å². The summed E-state index contributed by atoms with van der Waals surface area (Å²) in [6.45, 7) is 5.56. The van der Waals surface area contributed by atoms with E-state index < -0.39 is 10.0 Å². The molecule has 0 radical (unpaired) electrons. The summed E-state index contributed by atoms with van der Waals surface area (Å²) < 4.78 is 32.5. The molecule has 0 aliphatic carbocycles. The Morgan fingerprint density at radius 3 is 2.38 bits per heavy atom. The average molecular weight is 357 g/mol. The molecular formula is C15H23N3O5S. The normalized spacial score (nSPS) is 16.4. The summed E-state index contributed by atoms with van der Waals surface area (Å²) in [5, 5.41) is 3.67. The Labute approximate surface area is 141 Å². The SMILES string of the molecule is CC(=O)CCC(=O)N1CCC(NS(=O)(=O)c2c(C)noc2C)CC1. The van der Waals surface area contributed by atoms with Gasteiger partial charge in [0.25, 0.3) is 0 Å². The molecule has 0 spiro atoms. The molecule has 1 aromatic rings. The Kier molecular flexibility index (Phi) is 5.76. The average Bonchev–Trinajstić information content (AvgIpc) is 2.85. The van der Waals surface area contributed by atoms with E-state index in [1.807, 2.05) is 0 Å². The van der Waals surface area contributed by atoms with E-state index >= 15 is 0 Å². The van der Waals surface area contributed by atoms with Crippen molar-refractivity contribution in [1.29, 1.82) is 0 Å². The summed E-state index contributed by atoms with van der Waals surface area (Å²) in [4.78, 5) is 24.7. The molecule has 134 valence electrons. The predicted octanol–water partition coefficient (Wildman–Crippen LogP) is 0.930. The van der Waals surface area contributed by atoms with Gasteiger partial charge in [0.05, 0.1) is 0 Å². The van der Waals surface area contributed by atoms with Crippen molar-refractivity contribution in [3.05, 3.63) is 11.5 Å². The molecule has 0 saturated carbocycles.